The van der Waals surface area contributed by atoms with E-state index >= 15 is 0 Å². The molecule has 1 aromatic carbocycles. The van der Waals surface area contributed by atoms with E-state index in [9.17, 15) is 8.42 Å². The summed E-state index contributed by atoms with van der Waals surface area (Å²) in [5, 5.41) is 0.877. The summed E-state index contributed by atoms with van der Waals surface area (Å²) in [6.07, 6.45) is 0. The van der Waals surface area contributed by atoms with E-state index in [0.717, 1.165) is 5.56 Å². The van der Waals surface area contributed by atoms with Crippen molar-refractivity contribution in [3.8, 4) is 0 Å². The normalized spacial score (nSPS) is 17.8. The predicted molar refractivity (Wildman–Crippen MR) is 110 cm³/mol. The fraction of sp³-hybridized carbons (Fsp3) is 0.667. The van der Waals surface area contributed by atoms with Gasteiger partial charge in [0.15, 0.2) is 0 Å². The van der Waals surface area contributed by atoms with Gasteiger partial charge in [-0.05, 0) is 37.7 Å². The maximum atomic E-state index is 13.3. The molecule has 1 fully saturated rings. The van der Waals surface area contributed by atoms with Gasteiger partial charge in [-0.1, -0.05) is 43.1 Å². The molecule has 0 saturated carbocycles. The van der Waals surface area contributed by atoms with E-state index in [1.807, 2.05) is 20.2 Å². The molecule has 0 aliphatic carbocycles. The Labute approximate surface area is 173 Å². The number of rotatable bonds is 8. The van der Waals surface area contributed by atoms with Gasteiger partial charge in [0, 0.05) is 32.2 Å². The monoisotopic (exact) mass is 437 g/mol. The zero-order chi connectivity index (χ0) is 20.2. The summed E-state index contributed by atoms with van der Waals surface area (Å²) in [5.74, 6) is 0.302. The minimum Gasteiger partial charge on any atom is -0.379 e. The van der Waals surface area contributed by atoms with Crippen LogP contribution in [0.5, 0.6) is 0 Å². The molecular formula is C18H29Cl2N3O3S. The van der Waals surface area contributed by atoms with Crippen molar-refractivity contribution in [3.05, 3.63) is 33.8 Å². The molecular weight excluding hydrogens is 409 g/mol. The van der Waals surface area contributed by atoms with Gasteiger partial charge in [0.25, 0.3) is 10.2 Å². The molecule has 1 heterocycles. The number of morpholine rings is 1. The molecule has 27 heavy (non-hydrogen) atoms. The highest BCUT2D eigenvalue weighted by atomic mass is 35.5. The van der Waals surface area contributed by atoms with Crippen LogP contribution in [0.15, 0.2) is 18.2 Å². The molecule has 1 saturated heterocycles. The fourth-order valence-electron chi connectivity index (χ4n) is 3.20. The van der Waals surface area contributed by atoms with Crippen LogP contribution in [0.3, 0.4) is 0 Å². The average Bonchev–Trinajstić information content (AvgIpc) is 2.61. The van der Waals surface area contributed by atoms with Crippen LogP contribution in [0, 0.1) is 5.92 Å². The zero-order valence-corrected chi connectivity index (χ0v) is 18.7. The lowest BCUT2D eigenvalue weighted by Crippen LogP contribution is -2.52. The van der Waals surface area contributed by atoms with Gasteiger partial charge in [0.2, 0.25) is 0 Å². The number of ether oxygens (including phenoxy) is 1. The van der Waals surface area contributed by atoms with Crippen molar-refractivity contribution in [3.63, 3.8) is 0 Å². The molecule has 1 aromatic rings. The molecule has 0 N–H and O–H groups in total. The molecule has 6 nitrogen and oxygen atoms in total. The molecule has 154 valence electrons. The van der Waals surface area contributed by atoms with Gasteiger partial charge >= 0.3 is 0 Å². The lowest BCUT2D eigenvalue weighted by molar-refractivity contribution is 0.0689. The molecule has 9 heteroatoms. The summed E-state index contributed by atoms with van der Waals surface area (Å²) in [4.78, 5) is 2.07. The largest absolute Gasteiger partial charge is 0.379 e. The molecule has 1 aliphatic rings. The highest BCUT2D eigenvalue weighted by Gasteiger charge is 2.33. The Hall–Kier alpha value is -0.410. The van der Waals surface area contributed by atoms with Crippen LogP contribution in [-0.2, 0) is 21.5 Å². The summed E-state index contributed by atoms with van der Waals surface area (Å²) < 4.78 is 35.0. The molecule has 1 aliphatic heterocycles. The first-order valence-corrected chi connectivity index (χ1v) is 11.2. The maximum absolute atomic E-state index is 13.3. The van der Waals surface area contributed by atoms with Crippen LogP contribution in [0.1, 0.15) is 19.4 Å². The number of likely N-dealkylation sites (N-methyl/N-ethyl adjacent to an activating group) is 1. The molecule has 0 amide bonds. The van der Waals surface area contributed by atoms with Crippen LogP contribution in [0.25, 0.3) is 0 Å². The van der Waals surface area contributed by atoms with Crippen LogP contribution >= 0.6 is 23.2 Å². The third-order valence-corrected chi connectivity index (χ3v) is 7.48. The molecule has 2 rings (SSSR count). The molecule has 0 radical (unpaired) electrons. The van der Waals surface area contributed by atoms with E-state index in [4.69, 9.17) is 27.9 Å². The highest BCUT2D eigenvalue weighted by Crippen LogP contribution is 2.25. The van der Waals surface area contributed by atoms with Crippen LogP contribution in [-0.4, -0.2) is 74.9 Å². The number of hydrogen-bond acceptors (Lipinski definition) is 4. The van der Waals surface area contributed by atoms with E-state index < -0.39 is 10.2 Å². The SMILES string of the molecule is CC(C)C(CN(Cc1ccc(Cl)c(Cl)c1)S(=O)(=O)N1CCOCC1)N(C)C. The van der Waals surface area contributed by atoms with Gasteiger partial charge in [-0.15, -0.1) is 0 Å². The third kappa shape index (κ3) is 6.03. The molecule has 0 bridgehead atoms. The minimum atomic E-state index is -3.62. The molecule has 0 spiro atoms. The predicted octanol–water partition coefficient (Wildman–Crippen LogP) is 2.96. The molecule has 1 atom stereocenters. The number of nitrogens with zero attached hydrogens (tertiary/aromatic N) is 3. The second kappa shape index (κ2) is 9.87. The first-order chi connectivity index (χ1) is 12.6. The van der Waals surface area contributed by atoms with Crippen molar-refractivity contribution < 1.29 is 13.2 Å². The van der Waals surface area contributed by atoms with Crippen LogP contribution in [0.2, 0.25) is 10.0 Å². The van der Waals surface area contributed by atoms with Gasteiger partial charge in [-0.3, -0.25) is 0 Å². The van der Waals surface area contributed by atoms with Crippen molar-refractivity contribution in [2.45, 2.75) is 26.4 Å². The van der Waals surface area contributed by atoms with Crippen molar-refractivity contribution in [1.82, 2.24) is 13.5 Å². The zero-order valence-electron chi connectivity index (χ0n) is 16.4. The van der Waals surface area contributed by atoms with Gasteiger partial charge in [-0.25, -0.2) is 0 Å². The standard InChI is InChI=1S/C18H29Cl2N3O3S/c1-14(2)18(21(3)4)13-23(12-15-5-6-16(19)17(20)11-15)27(24,25)22-7-9-26-10-8-22/h5-6,11,14,18H,7-10,12-13H2,1-4H3. The summed E-state index contributed by atoms with van der Waals surface area (Å²) in [5.41, 5.74) is 0.808. The van der Waals surface area contributed by atoms with Gasteiger partial charge < -0.3 is 9.64 Å². The second-order valence-corrected chi connectivity index (χ2v) is 10.1. The van der Waals surface area contributed by atoms with E-state index in [1.165, 1.54) is 4.31 Å². The fourth-order valence-corrected chi connectivity index (χ4v) is 5.11. The van der Waals surface area contributed by atoms with Gasteiger partial charge in [-0.2, -0.15) is 17.0 Å². The Morgan fingerprint density at radius 1 is 1.15 bits per heavy atom. The Balaban J connectivity index is 2.32. The van der Waals surface area contributed by atoms with Crippen LogP contribution < -0.4 is 0 Å². The Bertz CT molecular complexity index is 715. The van der Waals surface area contributed by atoms with Crippen molar-refractivity contribution in [2.24, 2.45) is 5.92 Å². The van der Waals surface area contributed by atoms with Gasteiger partial charge in [0.1, 0.15) is 0 Å². The first-order valence-electron chi connectivity index (χ1n) is 9.06. The second-order valence-electron chi connectivity index (χ2n) is 7.34. The first kappa shape index (κ1) is 22.9. The van der Waals surface area contributed by atoms with E-state index in [-0.39, 0.29) is 12.6 Å². The topological polar surface area (TPSA) is 53.1 Å². The third-order valence-electron chi connectivity index (χ3n) is 4.79. The Morgan fingerprint density at radius 3 is 2.30 bits per heavy atom. The maximum Gasteiger partial charge on any atom is 0.282 e. The molecule has 0 aromatic heterocycles. The summed E-state index contributed by atoms with van der Waals surface area (Å²) in [6, 6.07) is 5.33. The lowest BCUT2D eigenvalue weighted by atomic mass is 10.0. The lowest BCUT2D eigenvalue weighted by Gasteiger charge is -2.37. The van der Waals surface area contributed by atoms with E-state index in [1.54, 1.807) is 16.4 Å². The number of benzene rings is 1. The Kier molecular flexibility index (Phi) is 8.36. The summed E-state index contributed by atoms with van der Waals surface area (Å²) >= 11 is 12.1. The quantitative estimate of drug-likeness (QED) is 0.627. The smallest absolute Gasteiger partial charge is 0.282 e. The van der Waals surface area contributed by atoms with E-state index in [2.05, 4.69) is 18.7 Å². The summed E-state index contributed by atoms with van der Waals surface area (Å²) in [7, 11) is 0.328. The van der Waals surface area contributed by atoms with Crippen molar-refractivity contribution in [1.29, 1.82) is 0 Å². The average molecular weight is 438 g/mol. The van der Waals surface area contributed by atoms with E-state index in [0.29, 0.717) is 48.8 Å². The number of halogens is 2. The van der Waals surface area contributed by atoms with Gasteiger partial charge in [0.05, 0.1) is 23.3 Å². The van der Waals surface area contributed by atoms with Crippen molar-refractivity contribution in [2.75, 3.05) is 46.9 Å². The Morgan fingerprint density at radius 2 is 1.78 bits per heavy atom. The number of hydrogen-bond donors (Lipinski definition) is 0. The van der Waals surface area contributed by atoms with Crippen molar-refractivity contribution >= 4 is 33.4 Å². The van der Waals surface area contributed by atoms with Crippen LogP contribution in [0.4, 0.5) is 0 Å². The highest BCUT2D eigenvalue weighted by molar-refractivity contribution is 7.86. The minimum absolute atomic E-state index is 0.0867. The summed E-state index contributed by atoms with van der Waals surface area (Å²) in [6.45, 7) is 6.41. The molecule has 1 unspecified atom stereocenters.